The summed E-state index contributed by atoms with van der Waals surface area (Å²) in [6.45, 7) is 5.13. The molecule has 6 rings (SSSR count). The molecule has 3 aromatic rings. The molecule has 1 fully saturated rings. The molecule has 42 heavy (non-hydrogen) atoms. The van der Waals surface area contributed by atoms with E-state index in [0.717, 1.165) is 51.1 Å². The number of ether oxygens (including phenoxy) is 2. The fourth-order valence-electron chi connectivity index (χ4n) is 6.68. The molecule has 0 spiro atoms. The fourth-order valence-corrected chi connectivity index (χ4v) is 6.68. The molecule has 220 valence electrons. The Morgan fingerprint density at radius 3 is 2.40 bits per heavy atom. The predicted octanol–water partition coefficient (Wildman–Crippen LogP) is 4.01. The number of carbonyl (C=O) groups excluding carboxylic acids is 2. The van der Waals surface area contributed by atoms with Gasteiger partial charge in [0.2, 0.25) is 5.91 Å². The summed E-state index contributed by atoms with van der Waals surface area (Å²) in [5.74, 6) is -0.00199. The topological polar surface area (TPSA) is 74.4 Å². The maximum atomic E-state index is 14.2. The Labute approximate surface area is 246 Å². The van der Waals surface area contributed by atoms with E-state index in [0.29, 0.717) is 41.4 Å². The molecule has 0 aromatic heterocycles. The maximum absolute atomic E-state index is 14.2. The van der Waals surface area contributed by atoms with Gasteiger partial charge in [0.05, 0.1) is 31.9 Å². The summed E-state index contributed by atoms with van der Waals surface area (Å²) in [6, 6.07) is 18.1. The van der Waals surface area contributed by atoms with Crippen LogP contribution >= 0.6 is 0 Å². The molecule has 0 aliphatic carbocycles. The van der Waals surface area contributed by atoms with Crippen molar-refractivity contribution in [3.05, 3.63) is 88.7 Å². The number of para-hydroxylation sites is 1. The summed E-state index contributed by atoms with van der Waals surface area (Å²) in [4.78, 5) is 34.0. The summed E-state index contributed by atoms with van der Waals surface area (Å²) in [5.41, 5.74) is 3.99. The lowest BCUT2D eigenvalue weighted by Crippen LogP contribution is -2.50. The third-order valence-corrected chi connectivity index (χ3v) is 8.83. The molecule has 3 aliphatic rings. The minimum absolute atomic E-state index is 0.0935. The highest BCUT2D eigenvalue weighted by atomic mass is 19.1. The van der Waals surface area contributed by atoms with Crippen LogP contribution in [0.15, 0.2) is 60.7 Å². The molecule has 3 aromatic carbocycles. The predicted molar refractivity (Wildman–Crippen MR) is 159 cm³/mol. The van der Waals surface area contributed by atoms with E-state index >= 15 is 0 Å². The van der Waals surface area contributed by atoms with Gasteiger partial charge in [-0.2, -0.15) is 0 Å². The first-order valence-corrected chi connectivity index (χ1v) is 14.6. The van der Waals surface area contributed by atoms with Gasteiger partial charge in [-0.25, -0.2) is 4.39 Å². The Kier molecular flexibility index (Phi) is 8.02. The van der Waals surface area contributed by atoms with E-state index in [-0.39, 0.29) is 23.7 Å². The fraction of sp³-hybridized carbons (Fsp3) is 0.394. The normalized spacial score (nSPS) is 19.9. The maximum Gasteiger partial charge on any atom is 0.254 e. The highest BCUT2D eigenvalue weighted by molar-refractivity contribution is 6.02. The van der Waals surface area contributed by atoms with Gasteiger partial charge in [-0.3, -0.25) is 14.5 Å². The molecule has 2 atom stereocenters. The molecule has 9 heteroatoms. The first kappa shape index (κ1) is 28.0. The summed E-state index contributed by atoms with van der Waals surface area (Å²) in [5, 5.41) is 3.18. The second kappa shape index (κ2) is 12.0. The van der Waals surface area contributed by atoms with Crippen LogP contribution in [-0.4, -0.2) is 81.6 Å². The number of amides is 2. The van der Waals surface area contributed by atoms with Gasteiger partial charge in [0.1, 0.15) is 5.82 Å². The van der Waals surface area contributed by atoms with Gasteiger partial charge in [0.25, 0.3) is 5.91 Å². The molecular weight excluding hydrogens is 535 g/mol. The number of methoxy groups -OCH3 is 2. The van der Waals surface area contributed by atoms with Gasteiger partial charge in [0, 0.05) is 44.8 Å². The van der Waals surface area contributed by atoms with Crippen molar-refractivity contribution in [2.75, 3.05) is 64.9 Å². The van der Waals surface area contributed by atoms with E-state index in [9.17, 15) is 14.0 Å². The highest BCUT2D eigenvalue weighted by Gasteiger charge is 2.46. The highest BCUT2D eigenvalue weighted by Crippen LogP contribution is 2.48. The van der Waals surface area contributed by atoms with Crippen LogP contribution in [0.3, 0.4) is 0 Å². The summed E-state index contributed by atoms with van der Waals surface area (Å²) < 4.78 is 25.3. The Morgan fingerprint density at radius 2 is 1.64 bits per heavy atom. The van der Waals surface area contributed by atoms with Crippen LogP contribution in [-0.2, 0) is 11.2 Å². The first-order valence-electron chi connectivity index (χ1n) is 14.6. The minimum atomic E-state index is -0.580. The lowest BCUT2D eigenvalue weighted by Gasteiger charge is -2.45. The molecule has 8 nitrogen and oxygen atoms in total. The molecule has 0 saturated carbocycles. The third-order valence-electron chi connectivity index (χ3n) is 8.83. The number of carbonyl (C=O) groups is 2. The first-order chi connectivity index (χ1) is 20.5. The number of nitrogens with one attached hydrogen (secondary N) is 1. The van der Waals surface area contributed by atoms with Gasteiger partial charge in [-0.15, -0.1) is 0 Å². The van der Waals surface area contributed by atoms with Crippen molar-refractivity contribution in [1.29, 1.82) is 0 Å². The van der Waals surface area contributed by atoms with Crippen molar-refractivity contribution < 1.29 is 23.5 Å². The zero-order chi connectivity index (χ0) is 29.2. The zero-order valence-electron chi connectivity index (χ0n) is 24.1. The molecule has 1 N–H and O–H groups in total. The van der Waals surface area contributed by atoms with E-state index in [4.69, 9.17) is 9.47 Å². The molecule has 0 bridgehead atoms. The van der Waals surface area contributed by atoms with Crippen molar-refractivity contribution in [2.45, 2.75) is 24.8 Å². The number of rotatable bonds is 8. The Balaban J connectivity index is 1.16. The molecule has 2 amide bonds. The van der Waals surface area contributed by atoms with Crippen LogP contribution < -0.4 is 19.7 Å². The smallest absolute Gasteiger partial charge is 0.254 e. The number of hydrogen-bond donors (Lipinski definition) is 1. The number of anilines is 1. The third kappa shape index (κ3) is 5.17. The molecule has 1 saturated heterocycles. The van der Waals surface area contributed by atoms with Crippen LogP contribution in [0.25, 0.3) is 0 Å². The molecule has 3 heterocycles. The molecular formula is C33H37FN4O4. The van der Waals surface area contributed by atoms with Crippen molar-refractivity contribution in [3.63, 3.8) is 0 Å². The number of hydrogen-bond acceptors (Lipinski definition) is 6. The lowest BCUT2D eigenvalue weighted by atomic mass is 9.75. The average molecular weight is 573 g/mol. The van der Waals surface area contributed by atoms with Crippen LogP contribution in [0.2, 0.25) is 0 Å². The largest absolute Gasteiger partial charge is 0.493 e. The second-order valence-electron chi connectivity index (χ2n) is 11.1. The molecule has 2 unspecified atom stereocenters. The zero-order valence-corrected chi connectivity index (χ0v) is 24.1. The monoisotopic (exact) mass is 572 g/mol. The van der Waals surface area contributed by atoms with Crippen molar-refractivity contribution in [2.24, 2.45) is 0 Å². The van der Waals surface area contributed by atoms with Crippen molar-refractivity contribution >= 4 is 17.5 Å². The van der Waals surface area contributed by atoms with Crippen LogP contribution in [0.4, 0.5) is 10.1 Å². The summed E-state index contributed by atoms with van der Waals surface area (Å²) in [7, 11) is 3.10. The number of fused-ring (bicyclic) bond motifs is 4. The van der Waals surface area contributed by atoms with Crippen molar-refractivity contribution in [1.82, 2.24) is 15.1 Å². The standard InChI is InChI=1S/C33H37FN4O4/c1-41-28-20-24-25(21-29(28)42-2)33(40)38-15-12-22-8-3-4-9-23(22)31(38)30(24)32(39)35-13-7-14-36-16-18-37(19-17-36)27-11-6-5-10-26(27)34/h3-6,8-11,20-21,30-31H,7,12-19H2,1-2H3,(H,35,39). The van der Waals surface area contributed by atoms with Crippen molar-refractivity contribution in [3.8, 4) is 11.5 Å². The van der Waals surface area contributed by atoms with Gasteiger partial charge in [-0.1, -0.05) is 36.4 Å². The van der Waals surface area contributed by atoms with E-state index in [1.165, 1.54) is 11.6 Å². The van der Waals surface area contributed by atoms with Crippen LogP contribution in [0.1, 0.15) is 45.4 Å². The number of piperazine rings is 1. The number of halogens is 1. The second-order valence-corrected chi connectivity index (χ2v) is 11.1. The summed E-state index contributed by atoms with van der Waals surface area (Å²) in [6.07, 6.45) is 1.54. The Bertz CT molecular complexity index is 1470. The van der Waals surface area contributed by atoms with Gasteiger partial charge >= 0.3 is 0 Å². The minimum Gasteiger partial charge on any atom is -0.493 e. The lowest BCUT2D eigenvalue weighted by molar-refractivity contribution is -0.124. The Morgan fingerprint density at radius 1 is 0.929 bits per heavy atom. The van der Waals surface area contributed by atoms with Crippen LogP contribution in [0.5, 0.6) is 11.5 Å². The van der Waals surface area contributed by atoms with E-state index in [1.54, 1.807) is 32.4 Å². The molecule has 3 aliphatic heterocycles. The quantitative estimate of drug-likeness (QED) is 0.412. The van der Waals surface area contributed by atoms with E-state index < -0.39 is 5.92 Å². The Hall–Kier alpha value is -4.11. The van der Waals surface area contributed by atoms with E-state index in [2.05, 4.69) is 21.2 Å². The number of nitrogens with zero attached hydrogens (tertiary/aromatic N) is 3. The van der Waals surface area contributed by atoms with Gasteiger partial charge < -0.3 is 24.6 Å². The van der Waals surface area contributed by atoms with Gasteiger partial charge in [0.15, 0.2) is 11.5 Å². The average Bonchev–Trinajstić information content (AvgIpc) is 3.03. The SMILES string of the molecule is COc1cc2c(cc1OC)C(C(=O)NCCCN1CCN(c3ccccc3F)CC1)C1c3ccccc3CCN1C2=O. The number of benzene rings is 3. The molecule has 0 radical (unpaired) electrons. The van der Waals surface area contributed by atoms with Gasteiger partial charge in [-0.05, 0) is 60.3 Å². The van der Waals surface area contributed by atoms with E-state index in [1.807, 2.05) is 35.2 Å². The summed E-state index contributed by atoms with van der Waals surface area (Å²) >= 11 is 0. The van der Waals surface area contributed by atoms with Crippen LogP contribution in [0, 0.1) is 5.82 Å².